The SMILES string of the molecule is Cc1cccc(NC(=O)C2CC(c3ccccc3Cl)NN2)c1C. The van der Waals surface area contributed by atoms with Crippen LogP contribution in [0.3, 0.4) is 0 Å². The van der Waals surface area contributed by atoms with Crippen LogP contribution in [0.15, 0.2) is 42.5 Å². The van der Waals surface area contributed by atoms with E-state index in [1.807, 2.05) is 56.3 Å². The topological polar surface area (TPSA) is 53.2 Å². The van der Waals surface area contributed by atoms with Crippen LogP contribution in [0.5, 0.6) is 0 Å². The summed E-state index contributed by atoms with van der Waals surface area (Å²) in [6, 6.07) is 13.3. The van der Waals surface area contributed by atoms with Crippen LogP contribution in [0, 0.1) is 13.8 Å². The molecule has 1 saturated heterocycles. The first-order valence-corrected chi connectivity index (χ1v) is 8.06. The zero-order chi connectivity index (χ0) is 16.4. The number of aryl methyl sites for hydroxylation is 1. The minimum absolute atomic E-state index is 0.0260. The van der Waals surface area contributed by atoms with Gasteiger partial charge in [0.15, 0.2) is 0 Å². The largest absolute Gasteiger partial charge is 0.324 e. The molecule has 0 saturated carbocycles. The molecule has 5 heteroatoms. The van der Waals surface area contributed by atoms with Gasteiger partial charge < -0.3 is 5.32 Å². The second kappa shape index (κ2) is 6.71. The lowest BCUT2D eigenvalue weighted by Crippen LogP contribution is -2.39. The van der Waals surface area contributed by atoms with Crippen molar-refractivity contribution < 1.29 is 4.79 Å². The number of benzene rings is 2. The molecule has 1 fully saturated rings. The number of halogens is 1. The van der Waals surface area contributed by atoms with Crippen LogP contribution in [-0.2, 0) is 4.79 Å². The standard InChI is InChI=1S/C18H20ClN3O/c1-11-6-5-9-15(12(11)2)20-18(23)17-10-16(21-22-17)13-7-3-4-8-14(13)19/h3-9,16-17,21-22H,10H2,1-2H3,(H,20,23). The molecule has 1 aliphatic rings. The molecule has 1 aliphatic heterocycles. The average Bonchev–Trinajstić information content (AvgIpc) is 3.02. The fourth-order valence-electron chi connectivity index (χ4n) is 2.80. The second-order valence-electron chi connectivity index (χ2n) is 5.89. The van der Waals surface area contributed by atoms with Gasteiger partial charge in [-0.1, -0.05) is 41.9 Å². The zero-order valence-electron chi connectivity index (χ0n) is 13.2. The Hall–Kier alpha value is -1.88. The zero-order valence-corrected chi connectivity index (χ0v) is 13.9. The highest BCUT2D eigenvalue weighted by Gasteiger charge is 2.31. The van der Waals surface area contributed by atoms with Crippen molar-refractivity contribution in [3.8, 4) is 0 Å². The number of rotatable bonds is 3. The summed E-state index contributed by atoms with van der Waals surface area (Å²) in [7, 11) is 0. The summed E-state index contributed by atoms with van der Waals surface area (Å²) >= 11 is 6.23. The van der Waals surface area contributed by atoms with Gasteiger partial charge in [0.05, 0.1) is 0 Å². The van der Waals surface area contributed by atoms with Crippen LogP contribution >= 0.6 is 11.6 Å². The van der Waals surface area contributed by atoms with Crippen molar-refractivity contribution in [1.82, 2.24) is 10.9 Å². The van der Waals surface area contributed by atoms with Gasteiger partial charge >= 0.3 is 0 Å². The molecule has 120 valence electrons. The third kappa shape index (κ3) is 3.39. The molecule has 2 atom stereocenters. The van der Waals surface area contributed by atoms with Crippen LogP contribution < -0.4 is 16.2 Å². The molecule has 3 rings (SSSR count). The molecule has 3 N–H and O–H groups in total. The number of amides is 1. The van der Waals surface area contributed by atoms with Crippen molar-refractivity contribution in [2.45, 2.75) is 32.4 Å². The molecule has 0 radical (unpaired) electrons. The van der Waals surface area contributed by atoms with Crippen molar-refractivity contribution in [3.05, 3.63) is 64.2 Å². The number of anilines is 1. The van der Waals surface area contributed by atoms with Gasteiger partial charge in [-0.25, -0.2) is 10.9 Å². The predicted octanol–water partition coefficient (Wildman–Crippen LogP) is 3.50. The van der Waals surface area contributed by atoms with Crippen LogP contribution in [0.2, 0.25) is 5.02 Å². The Morgan fingerprint density at radius 2 is 1.91 bits per heavy atom. The second-order valence-corrected chi connectivity index (χ2v) is 6.29. The molecule has 23 heavy (non-hydrogen) atoms. The lowest BCUT2D eigenvalue weighted by atomic mass is 10.0. The van der Waals surface area contributed by atoms with Crippen molar-refractivity contribution in [3.63, 3.8) is 0 Å². The van der Waals surface area contributed by atoms with Crippen molar-refractivity contribution in [2.75, 3.05) is 5.32 Å². The van der Waals surface area contributed by atoms with E-state index in [2.05, 4.69) is 16.2 Å². The monoisotopic (exact) mass is 329 g/mol. The predicted molar refractivity (Wildman–Crippen MR) is 93.4 cm³/mol. The Morgan fingerprint density at radius 1 is 1.13 bits per heavy atom. The maximum Gasteiger partial charge on any atom is 0.242 e. The van der Waals surface area contributed by atoms with E-state index >= 15 is 0 Å². The van der Waals surface area contributed by atoms with Crippen LogP contribution in [0.4, 0.5) is 5.69 Å². The number of hydrazine groups is 1. The van der Waals surface area contributed by atoms with E-state index in [0.717, 1.165) is 22.4 Å². The van der Waals surface area contributed by atoms with Gasteiger partial charge in [-0.05, 0) is 49.1 Å². The van der Waals surface area contributed by atoms with Crippen molar-refractivity contribution in [1.29, 1.82) is 0 Å². The van der Waals surface area contributed by atoms with Crippen LogP contribution in [0.1, 0.15) is 29.2 Å². The summed E-state index contributed by atoms with van der Waals surface area (Å²) in [6.45, 7) is 4.05. The molecule has 2 aromatic carbocycles. The molecule has 0 bridgehead atoms. The summed E-state index contributed by atoms with van der Waals surface area (Å²) in [6.07, 6.45) is 0.653. The average molecular weight is 330 g/mol. The molecule has 4 nitrogen and oxygen atoms in total. The molecule has 2 aromatic rings. The quantitative estimate of drug-likeness (QED) is 0.807. The maximum absolute atomic E-state index is 12.5. The van der Waals surface area contributed by atoms with Gasteiger partial charge in [-0.2, -0.15) is 0 Å². The molecule has 2 unspecified atom stereocenters. The van der Waals surface area contributed by atoms with Crippen LogP contribution in [0.25, 0.3) is 0 Å². The Balaban J connectivity index is 1.68. The number of carbonyl (C=O) groups is 1. The van der Waals surface area contributed by atoms with Gasteiger partial charge in [0.2, 0.25) is 5.91 Å². The van der Waals surface area contributed by atoms with E-state index in [-0.39, 0.29) is 18.0 Å². The summed E-state index contributed by atoms with van der Waals surface area (Å²) in [5.74, 6) is -0.0410. The van der Waals surface area contributed by atoms with E-state index in [0.29, 0.717) is 11.4 Å². The first-order valence-electron chi connectivity index (χ1n) is 7.69. The lowest BCUT2D eigenvalue weighted by molar-refractivity contribution is -0.117. The molecular weight excluding hydrogens is 310 g/mol. The summed E-state index contributed by atoms with van der Waals surface area (Å²) in [5, 5.41) is 3.72. The first-order chi connectivity index (χ1) is 11.1. The van der Waals surface area contributed by atoms with E-state index in [1.54, 1.807) is 0 Å². The first kappa shape index (κ1) is 16.0. The van der Waals surface area contributed by atoms with E-state index in [1.165, 1.54) is 0 Å². The summed E-state index contributed by atoms with van der Waals surface area (Å²) in [5.41, 5.74) is 10.3. The summed E-state index contributed by atoms with van der Waals surface area (Å²) < 4.78 is 0. The van der Waals surface area contributed by atoms with Crippen molar-refractivity contribution >= 4 is 23.2 Å². The van der Waals surface area contributed by atoms with E-state index < -0.39 is 0 Å². The van der Waals surface area contributed by atoms with E-state index in [9.17, 15) is 4.79 Å². The van der Waals surface area contributed by atoms with Gasteiger partial charge in [-0.15, -0.1) is 0 Å². The highest BCUT2D eigenvalue weighted by atomic mass is 35.5. The highest BCUT2D eigenvalue weighted by Crippen LogP contribution is 2.28. The molecule has 0 aliphatic carbocycles. The lowest BCUT2D eigenvalue weighted by Gasteiger charge is -2.14. The fourth-order valence-corrected chi connectivity index (χ4v) is 3.06. The normalized spacial score (nSPS) is 20.5. The fraction of sp³-hybridized carbons (Fsp3) is 0.278. The number of carbonyl (C=O) groups excluding carboxylic acids is 1. The number of hydrogen-bond acceptors (Lipinski definition) is 3. The third-order valence-electron chi connectivity index (χ3n) is 4.36. The minimum atomic E-state index is -0.295. The Labute approximate surface area is 141 Å². The number of nitrogens with one attached hydrogen (secondary N) is 3. The number of hydrogen-bond donors (Lipinski definition) is 3. The molecule has 1 amide bonds. The Kier molecular flexibility index (Phi) is 4.66. The Bertz CT molecular complexity index is 732. The Morgan fingerprint density at radius 3 is 2.70 bits per heavy atom. The van der Waals surface area contributed by atoms with Crippen LogP contribution in [-0.4, -0.2) is 11.9 Å². The summed E-state index contributed by atoms with van der Waals surface area (Å²) in [4.78, 5) is 12.5. The highest BCUT2D eigenvalue weighted by molar-refractivity contribution is 6.31. The smallest absolute Gasteiger partial charge is 0.242 e. The molecule has 1 heterocycles. The minimum Gasteiger partial charge on any atom is -0.324 e. The third-order valence-corrected chi connectivity index (χ3v) is 4.71. The van der Waals surface area contributed by atoms with Gasteiger partial charge in [0, 0.05) is 16.8 Å². The molecule has 0 spiro atoms. The van der Waals surface area contributed by atoms with Crippen molar-refractivity contribution in [2.24, 2.45) is 0 Å². The molecular formula is C18H20ClN3O. The van der Waals surface area contributed by atoms with Gasteiger partial charge in [0.1, 0.15) is 6.04 Å². The maximum atomic E-state index is 12.5. The van der Waals surface area contributed by atoms with Gasteiger partial charge in [-0.3, -0.25) is 4.79 Å². The van der Waals surface area contributed by atoms with E-state index in [4.69, 9.17) is 11.6 Å². The molecule has 0 aromatic heterocycles. The van der Waals surface area contributed by atoms with Gasteiger partial charge in [0.25, 0.3) is 0 Å².